The number of benzene rings is 2. The highest BCUT2D eigenvalue weighted by atomic mass is 35.5. The molecule has 0 unspecified atom stereocenters. The van der Waals surface area contributed by atoms with Crippen LogP contribution in [0.4, 0.5) is 29.3 Å². The number of hydrogen-bond donors (Lipinski definition) is 4. The minimum Gasteiger partial charge on any atom is -0.457 e. The number of amides is 4. The molecule has 37 heavy (non-hydrogen) atoms. The number of hydrazine groups is 1. The van der Waals surface area contributed by atoms with E-state index in [2.05, 4.69) is 26.5 Å². The zero-order valence-corrected chi connectivity index (χ0v) is 20.0. The third-order valence-electron chi connectivity index (χ3n) is 4.63. The predicted molar refractivity (Wildman–Crippen MR) is 130 cm³/mol. The van der Waals surface area contributed by atoms with Crippen LogP contribution in [0.1, 0.15) is 35.8 Å². The third kappa shape index (κ3) is 8.10. The highest BCUT2D eigenvalue weighted by molar-refractivity contribution is 6.31. The van der Waals surface area contributed by atoms with Gasteiger partial charge in [0, 0.05) is 30.1 Å². The van der Waals surface area contributed by atoms with Crippen LogP contribution in [0.25, 0.3) is 0 Å². The normalized spacial score (nSPS) is 10.8. The first-order chi connectivity index (χ1) is 17.5. The number of rotatable bonds is 7. The maximum Gasteiger partial charge on any atom is 0.417 e. The summed E-state index contributed by atoms with van der Waals surface area (Å²) in [6.07, 6.45) is -2.40. The molecule has 2 aromatic carbocycles. The van der Waals surface area contributed by atoms with Crippen molar-refractivity contribution in [3.8, 4) is 11.5 Å². The van der Waals surface area contributed by atoms with Crippen LogP contribution in [-0.2, 0) is 11.0 Å². The van der Waals surface area contributed by atoms with E-state index in [1.165, 1.54) is 48.7 Å². The van der Waals surface area contributed by atoms with Crippen LogP contribution < -0.4 is 26.2 Å². The van der Waals surface area contributed by atoms with Crippen LogP contribution in [0.15, 0.2) is 60.8 Å². The number of nitrogens with one attached hydrogen (secondary N) is 4. The summed E-state index contributed by atoms with van der Waals surface area (Å²) < 4.78 is 44.7. The van der Waals surface area contributed by atoms with Crippen molar-refractivity contribution in [1.82, 2.24) is 15.8 Å². The molecule has 0 atom stereocenters. The summed E-state index contributed by atoms with van der Waals surface area (Å²) in [5.41, 5.74) is 3.76. The van der Waals surface area contributed by atoms with Gasteiger partial charge in [0.1, 0.15) is 17.2 Å². The summed E-state index contributed by atoms with van der Waals surface area (Å²) >= 11 is 5.58. The Morgan fingerprint density at radius 3 is 2.27 bits per heavy atom. The van der Waals surface area contributed by atoms with Crippen LogP contribution in [0.3, 0.4) is 0 Å². The summed E-state index contributed by atoms with van der Waals surface area (Å²) in [4.78, 5) is 39.8. The smallest absolute Gasteiger partial charge is 0.417 e. The quantitative estimate of drug-likeness (QED) is 0.287. The Hall–Kier alpha value is -4.32. The van der Waals surface area contributed by atoms with Crippen LogP contribution in [0.5, 0.6) is 11.5 Å². The van der Waals surface area contributed by atoms with Crippen LogP contribution in [0.2, 0.25) is 5.02 Å². The molecule has 13 heteroatoms. The Morgan fingerprint density at radius 2 is 1.59 bits per heavy atom. The Balaban J connectivity index is 1.57. The first-order valence-corrected chi connectivity index (χ1v) is 11.2. The Bertz CT molecular complexity index is 1290. The molecule has 0 bridgehead atoms. The van der Waals surface area contributed by atoms with Gasteiger partial charge in [-0.3, -0.25) is 25.4 Å². The van der Waals surface area contributed by atoms with Gasteiger partial charge in [0.25, 0.3) is 5.91 Å². The second kappa shape index (κ2) is 12.1. The average molecular weight is 536 g/mol. The van der Waals surface area contributed by atoms with E-state index in [-0.39, 0.29) is 23.7 Å². The number of hydrogen-bond acceptors (Lipinski definition) is 5. The van der Waals surface area contributed by atoms with Gasteiger partial charge in [0.2, 0.25) is 5.91 Å². The number of nitrogens with zero attached hydrogens (tertiary/aromatic N) is 1. The molecule has 194 valence electrons. The first-order valence-electron chi connectivity index (χ1n) is 10.8. The number of ether oxygens (including phenoxy) is 1. The molecule has 1 aromatic heterocycles. The number of alkyl halides is 3. The van der Waals surface area contributed by atoms with Crippen molar-refractivity contribution in [1.29, 1.82) is 0 Å². The molecule has 0 fully saturated rings. The van der Waals surface area contributed by atoms with Gasteiger partial charge in [-0.15, -0.1) is 0 Å². The van der Waals surface area contributed by atoms with Gasteiger partial charge >= 0.3 is 12.2 Å². The van der Waals surface area contributed by atoms with Crippen LogP contribution in [0, 0.1) is 0 Å². The monoisotopic (exact) mass is 535 g/mol. The molecule has 0 saturated carbocycles. The molecule has 0 aliphatic heterocycles. The first kappa shape index (κ1) is 27.3. The molecule has 0 aliphatic rings. The number of anilines is 2. The van der Waals surface area contributed by atoms with Gasteiger partial charge in [-0.05, 0) is 55.0 Å². The standard InChI is InChI=1S/C24H21ClF3N5O4/c1-2-3-21(34)32-33-22(35)20-13-17(10-11-29-20)37-16-7-4-14(5-8-16)30-23(36)31-15-6-9-19(25)18(12-15)24(26,27)28/h4-13H,2-3H2,1H3,(H,32,34)(H,33,35)(H2,30,31,36). The highest BCUT2D eigenvalue weighted by Crippen LogP contribution is 2.36. The van der Waals surface area contributed by atoms with E-state index in [1.54, 1.807) is 0 Å². The largest absolute Gasteiger partial charge is 0.457 e. The zero-order valence-electron chi connectivity index (χ0n) is 19.3. The van der Waals surface area contributed by atoms with Crippen molar-refractivity contribution in [2.75, 3.05) is 10.6 Å². The molecule has 1 heterocycles. The van der Waals surface area contributed by atoms with Gasteiger partial charge in [-0.2, -0.15) is 13.2 Å². The molecule has 0 spiro atoms. The maximum absolute atomic E-state index is 13.0. The maximum atomic E-state index is 13.0. The third-order valence-corrected chi connectivity index (χ3v) is 4.96. The Kier molecular flexibility index (Phi) is 8.90. The Morgan fingerprint density at radius 1 is 0.919 bits per heavy atom. The fourth-order valence-corrected chi connectivity index (χ4v) is 3.16. The minimum absolute atomic E-state index is 0.0140. The number of carbonyl (C=O) groups excluding carboxylic acids is 3. The van der Waals surface area contributed by atoms with Crippen molar-refractivity contribution in [3.05, 3.63) is 77.1 Å². The van der Waals surface area contributed by atoms with E-state index in [9.17, 15) is 27.6 Å². The topological polar surface area (TPSA) is 121 Å². The molecule has 3 aromatic rings. The highest BCUT2D eigenvalue weighted by Gasteiger charge is 2.33. The van der Waals surface area contributed by atoms with Crippen molar-refractivity contribution < 1.29 is 32.3 Å². The second-order valence-electron chi connectivity index (χ2n) is 7.53. The lowest BCUT2D eigenvalue weighted by atomic mass is 10.2. The number of pyridine rings is 1. The number of urea groups is 1. The summed E-state index contributed by atoms with van der Waals surface area (Å²) in [5.74, 6) is -0.289. The molecule has 4 amide bonds. The van der Waals surface area contributed by atoms with Gasteiger partial charge in [-0.1, -0.05) is 18.5 Å². The summed E-state index contributed by atoms with van der Waals surface area (Å²) in [5, 5.41) is 4.33. The second-order valence-corrected chi connectivity index (χ2v) is 7.93. The number of carbonyl (C=O) groups is 3. The predicted octanol–water partition coefficient (Wildman–Crippen LogP) is 5.75. The zero-order chi connectivity index (χ0) is 27.0. The summed E-state index contributed by atoms with van der Waals surface area (Å²) in [6.45, 7) is 1.83. The van der Waals surface area contributed by atoms with E-state index in [0.717, 1.165) is 12.1 Å². The Labute approximate surface area is 214 Å². The van der Waals surface area contributed by atoms with Gasteiger partial charge < -0.3 is 15.4 Å². The number of aromatic nitrogens is 1. The van der Waals surface area contributed by atoms with Gasteiger partial charge in [0.05, 0.1) is 10.6 Å². The molecule has 0 radical (unpaired) electrons. The van der Waals surface area contributed by atoms with E-state index >= 15 is 0 Å². The van der Waals surface area contributed by atoms with Gasteiger partial charge in [0.15, 0.2) is 0 Å². The molecular formula is C24H21ClF3N5O4. The van der Waals surface area contributed by atoms with E-state index in [4.69, 9.17) is 16.3 Å². The van der Waals surface area contributed by atoms with E-state index in [0.29, 0.717) is 23.6 Å². The number of halogens is 4. The summed E-state index contributed by atoms with van der Waals surface area (Å²) in [6, 6.07) is 11.2. The molecule has 0 saturated heterocycles. The van der Waals surface area contributed by atoms with Crippen molar-refractivity contribution >= 4 is 40.8 Å². The van der Waals surface area contributed by atoms with Crippen LogP contribution in [-0.4, -0.2) is 22.8 Å². The minimum atomic E-state index is -4.66. The average Bonchev–Trinajstić information content (AvgIpc) is 2.84. The lowest BCUT2D eigenvalue weighted by molar-refractivity contribution is -0.137. The fraction of sp³-hybridized carbons (Fsp3) is 0.167. The summed E-state index contributed by atoms with van der Waals surface area (Å²) in [7, 11) is 0. The molecule has 4 N–H and O–H groups in total. The SMILES string of the molecule is CCCC(=O)NNC(=O)c1cc(Oc2ccc(NC(=O)Nc3ccc(Cl)c(C(F)(F)F)c3)cc2)ccn1. The van der Waals surface area contributed by atoms with Crippen molar-refractivity contribution in [3.63, 3.8) is 0 Å². The van der Waals surface area contributed by atoms with Crippen molar-refractivity contribution in [2.24, 2.45) is 0 Å². The van der Waals surface area contributed by atoms with Crippen molar-refractivity contribution in [2.45, 2.75) is 25.9 Å². The van der Waals surface area contributed by atoms with Gasteiger partial charge in [-0.25, -0.2) is 4.79 Å². The molecule has 3 rings (SSSR count). The molecular weight excluding hydrogens is 515 g/mol. The van der Waals surface area contributed by atoms with E-state index in [1.807, 2.05) is 6.92 Å². The lowest BCUT2D eigenvalue weighted by Crippen LogP contribution is -2.41. The molecule has 0 aliphatic carbocycles. The van der Waals surface area contributed by atoms with E-state index < -0.39 is 28.7 Å². The van der Waals surface area contributed by atoms with Crippen LogP contribution >= 0.6 is 11.6 Å². The fourth-order valence-electron chi connectivity index (χ4n) is 2.93. The molecule has 9 nitrogen and oxygen atoms in total. The lowest BCUT2D eigenvalue weighted by Gasteiger charge is -2.12.